The maximum Gasteiger partial charge on any atom is 0.328 e. The summed E-state index contributed by atoms with van der Waals surface area (Å²) in [5.74, 6) is 4.95. The van der Waals surface area contributed by atoms with Crippen LogP contribution in [0.25, 0.3) is 11.2 Å². The number of fused-ring (bicyclic) bond motifs is 1. The molecule has 0 aliphatic heterocycles. The molecule has 12 heteroatoms. The third-order valence-electron chi connectivity index (χ3n) is 5.03. The highest BCUT2D eigenvalue weighted by Gasteiger charge is 2.15. The van der Waals surface area contributed by atoms with Gasteiger partial charge in [0, 0.05) is 13.0 Å². The maximum absolute atomic E-state index is 12.5. The van der Waals surface area contributed by atoms with Crippen molar-refractivity contribution in [3.05, 3.63) is 45.9 Å². The van der Waals surface area contributed by atoms with Gasteiger partial charge in [0.05, 0.1) is 33.0 Å². The minimum Gasteiger partial charge on any atom is -0.463 e. The Morgan fingerprint density at radius 3 is 2.62 bits per heavy atom. The SMILES string of the molecule is CCCCOc1nc(N)c2[nH]c(=O)n(Cc3ccc(CNC(=O)CCOCCON)cc3)c2n1. The Labute approximate surface area is 196 Å². The van der Waals surface area contributed by atoms with Crippen LogP contribution >= 0.6 is 0 Å². The molecule has 0 saturated carbocycles. The number of imidazole rings is 1. The number of rotatable bonds is 14. The van der Waals surface area contributed by atoms with Crippen molar-refractivity contribution in [2.75, 3.05) is 32.2 Å². The second-order valence-corrected chi connectivity index (χ2v) is 7.63. The van der Waals surface area contributed by atoms with Gasteiger partial charge in [0.2, 0.25) is 5.91 Å². The lowest BCUT2D eigenvalue weighted by Gasteiger charge is -2.08. The van der Waals surface area contributed by atoms with E-state index in [2.05, 4.69) is 32.0 Å². The fourth-order valence-corrected chi connectivity index (χ4v) is 3.16. The van der Waals surface area contributed by atoms with Crippen LogP contribution in [-0.2, 0) is 27.5 Å². The lowest BCUT2D eigenvalue weighted by atomic mass is 10.1. The second-order valence-electron chi connectivity index (χ2n) is 7.63. The molecule has 1 amide bonds. The molecule has 3 rings (SSSR count). The number of nitrogens with zero attached hydrogens (tertiary/aromatic N) is 3. The summed E-state index contributed by atoms with van der Waals surface area (Å²) in [5, 5.41) is 2.84. The fourth-order valence-electron chi connectivity index (χ4n) is 3.16. The van der Waals surface area contributed by atoms with Crippen molar-refractivity contribution in [2.45, 2.75) is 39.3 Å². The molecule has 6 N–H and O–H groups in total. The third-order valence-corrected chi connectivity index (χ3v) is 5.03. The number of hydrogen-bond donors (Lipinski definition) is 4. The van der Waals surface area contributed by atoms with E-state index in [-0.39, 0.29) is 36.5 Å². The van der Waals surface area contributed by atoms with Gasteiger partial charge in [-0.05, 0) is 17.5 Å². The summed E-state index contributed by atoms with van der Waals surface area (Å²) in [5.41, 5.74) is 8.25. The molecule has 0 spiro atoms. The topological polar surface area (TPSA) is 172 Å². The number of aromatic amines is 1. The molecule has 0 atom stereocenters. The van der Waals surface area contributed by atoms with E-state index >= 15 is 0 Å². The van der Waals surface area contributed by atoms with Gasteiger partial charge in [-0.2, -0.15) is 9.97 Å². The lowest BCUT2D eigenvalue weighted by Crippen LogP contribution is -2.24. The molecule has 0 unspecified atom stereocenters. The molecule has 0 saturated heterocycles. The zero-order chi connectivity index (χ0) is 24.3. The van der Waals surface area contributed by atoms with Gasteiger partial charge < -0.3 is 30.3 Å². The summed E-state index contributed by atoms with van der Waals surface area (Å²) in [4.78, 5) is 40.0. The molecule has 3 aromatic rings. The average Bonchev–Trinajstić information content (AvgIpc) is 3.14. The molecule has 0 fully saturated rings. The minimum atomic E-state index is -0.335. The molecule has 2 heterocycles. The van der Waals surface area contributed by atoms with E-state index in [1.54, 1.807) is 0 Å². The number of hydrogen-bond acceptors (Lipinski definition) is 9. The fraction of sp³-hybridized carbons (Fsp3) is 0.455. The summed E-state index contributed by atoms with van der Waals surface area (Å²) in [6.07, 6.45) is 2.10. The number of benzene rings is 1. The monoisotopic (exact) mass is 473 g/mol. The first-order valence-corrected chi connectivity index (χ1v) is 11.1. The number of carbonyl (C=O) groups excluding carboxylic acids is 1. The van der Waals surface area contributed by atoms with Gasteiger partial charge in [-0.3, -0.25) is 9.36 Å². The zero-order valence-corrected chi connectivity index (χ0v) is 19.2. The quantitative estimate of drug-likeness (QED) is 0.195. The number of aromatic nitrogens is 4. The molecule has 184 valence electrons. The van der Waals surface area contributed by atoms with E-state index in [1.807, 2.05) is 24.3 Å². The van der Waals surface area contributed by atoms with E-state index in [0.717, 1.165) is 24.0 Å². The van der Waals surface area contributed by atoms with Gasteiger partial charge in [0.15, 0.2) is 11.5 Å². The second kappa shape index (κ2) is 12.7. The largest absolute Gasteiger partial charge is 0.463 e. The Morgan fingerprint density at radius 2 is 1.88 bits per heavy atom. The van der Waals surface area contributed by atoms with Crippen molar-refractivity contribution in [1.82, 2.24) is 24.8 Å². The maximum atomic E-state index is 12.5. The van der Waals surface area contributed by atoms with Crippen molar-refractivity contribution in [2.24, 2.45) is 5.90 Å². The van der Waals surface area contributed by atoms with Crippen LogP contribution in [0, 0.1) is 0 Å². The van der Waals surface area contributed by atoms with Gasteiger partial charge in [-0.25, -0.2) is 10.7 Å². The number of unbranched alkanes of at least 4 members (excludes halogenated alkanes) is 1. The van der Waals surface area contributed by atoms with Gasteiger partial charge in [0.1, 0.15) is 5.52 Å². The van der Waals surface area contributed by atoms with Crippen LogP contribution in [0.2, 0.25) is 0 Å². The highest BCUT2D eigenvalue weighted by Crippen LogP contribution is 2.19. The standard InChI is InChI=1S/C22H31N7O5/c1-2-3-9-33-21-27-19(23)18-20(28-21)29(22(31)26-18)14-16-6-4-15(5-7-16)13-25-17(30)8-10-32-11-12-34-24/h4-7H,2-3,8-14,24H2,1H3,(H,25,30)(H,26,31)(H2,23,27,28). The van der Waals surface area contributed by atoms with Crippen molar-refractivity contribution < 1.29 is 19.1 Å². The Balaban J connectivity index is 1.60. The normalized spacial score (nSPS) is 11.1. The van der Waals surface area contributed by atoms with Crippen LogP contribution in [-0.4, -0.2) is 51.9 Å². The molecular formula is C22H31N7O5. The van der Waals surface area contributed by atoms with E-state index in [4.69, 9.17) is 21.1 Å². The van der Waals surface area contributed by atoms with Gasteiger partial charge >= 0.3 is 11.7 Å². The van der Waals surface area contributed by atoms with E-state index in [1.165, 1.54) is 4.57 Å². The van der Waals surface area contributed by atoms with Crippen LogP contribution in [0.3, 0.4) is 0 Å². The van der Waals surface area contributed by atoms with Crippen LogP contribution < -0.4 is 27.4 Å². The minimum absolute atomic E-state index is 0.114. The van der Waals surface area contributed by atoms with Crippen molar-refractivity contribution in [3.63, 3.8) is 0 Å². The number of nitrogens with one attached hydrogen (secondary N) is 2. The zero-order valence-electron chi connectivity index (χ0n) is 19.2. The van der Waals surface area contributed by atoms with E-state index < -0.39 is 0 Å². The van der Waals surface area contributed by atoms with Crippen molar-refractivity contribution in [3.8, 4) is 6.01 Å². The third kappa shape index (κ3) is 7.01. The van der Waals surface area contributed by atoms with Gasteiger partial charge in [-0.1, -0.05) is 37.6 Å². The predicted octanol–water partition coefficient (Wildman–Crippen LogP) is 0.842. The lowest BCUT2D eigenvalue weighted by molar-refractivity contribution is -0.122. The summed E-state index contributed by atoms with van der Waals surface area (Å²) >= 11 is 0. The molecule has 2 aromatic heterocycles. The first kappa shape index (κ1) is 25.1. The predicted molar refractivity (Wildman–Crippen MR) is 126 cm³/mol. The Morgan fingerprint density at radius 1 is 1.12 bits per heavy atom. The van der Waals surface area contributed by atoms with Crippen LogP contribution in [0.5, 0.6) is 6.01 Å². The number of nitrogens with two attached hydrogens (primary N) is 2. The Bertz CT molecular complexity index is 1130. The summed E-state index contributed by atoms with van der Waals surface area (Å²) in [6.45, 7) is 4.14. The number of nitrogen functional groups attached to an aromatic ring is 1. The molecule has 0 aliphatic rings. The van der Waals surface area contributed by atoms with Crippen LogP contribution in [0.1, 0.15) is 37.3 Å². The summed E-state index contributed by atoms with van der Waals surface area (Å²) in [6, 6.07) is 7.73. The van der Waals surface area contributed by atoms with Crippen LogP contribution in [0.15, 0.2) is 29.1 Å². The van der Waals surface area contributed by atoms with Crippen molar-refractivity contribution >= 4 is 22.9 Å². The highest BCUT2D eigenvalue weighted by atomic mass is 16.6. The number of ether oxygens (including phenoxy) is 2. The number of amides is 1. The molecule has 12 nitrogen and oxygen atoms in total. The average molecular weight is 474 g/mol. The highest BCUT2D eigenvalue weighted by molar-refractivity contribution is 5.82. The molecule has 0 bridgehead atoms. The number of carbonyl (C=O) groups is 1. The van der Waals surface area contributed by atoms with Gasteiger partial charge in [-0.15, -0.1) is 0 Å². The first-order valence-electron chi connectivity index (χ1n) is 11.1. The van der Waals surface area contributed by atoms with E-state index in [9.17, 15) is 9.59 Å². The molecule has 0 aliphatic carbocycles. The molecule has 1 aromatic carbocycles. The van der Waals surface area contributed by atoms with Gasteiger partial charge in [0.25, 0.3) is 0 Å². The molecule has 34 heavy (non-hydrogen) atoms. The Hall–Kier alpha value is -3.48. The number of anilines is 1. The van der Waals surface area contributed by atoms with E-state index in [0.29, 0.717) is 44.1 Å². The van der Waals surface area contributed by atoms with Crippen LogP contribution in [0.4, 0.5) is 5.82 Å². The molecule has 0 radical (unpaired) electrons. The summed E-state index contributed by atoms with van der Waals surface area (Å²) in [7, 11) is 0. The van der Waals surface area contributed by atoms with Crippen molar-refractivity contribution in [1.29, 1.82) is 0 Å². The smallest absolute Gasteiger partial charge is 0.328 e. The molecular weight excluding hydrogens is 442 g/mol. The Kier molecular flexibility index (Phi) is 9.38. The number of H-pyrrole nitrogens is 1. The summed E-state index contributed by atoms with van der Waals surface area (Å²) < 4.78 is 12.3. The first-order chi connectivity index (χ1) is 16.5.